The lowest BCUT2D eigenvalue weighted by atomic mass is 9.70. The van der Waals surface area contributed by atoms with E-state index >= 15 is 0 Å². The van der Waals surface area contributed by atoms with Crippen LogP contribution in [0.5, 0.6) is 0 Å². The molecule has 0 aromatic heterocycles. The second kappa shape index (κ2) is 6.60. The summed E-state index contributed by atoms with van der Waals surface area (Å²) in [6.07, 6.45) is 13.6. The molecule has 2 aliphatic carbocycles. The Balaban J connectivity index is 2.17. The fourth-order valence-corrected chi connectivity index (χ4v) is 5.01. The Morgan fingerprint density at radius 1 is 0.909 bits per heavy atom. The Morgan fingerprint density at radius 3 is 2.23 bits per heavy atom. The minimum Gasteiger partial charge on any atom is -0.0651 e. The van der Waals surface area contributed by atoms with E-state index in [0.717, 1.165) is 0 Å². The van der Waals surface area contributed by atoms with Crippen LogP contribution in [-0.4, -0.2) is 0 Å². The van der Waals surface area contributed by atoms with Gasteiger partial charge in [0, 0.05) is 5.41 Å². The van der Waals surface area contributed by atoms with Gasteiger partial charge in [0.2, 0.25) is 0 Å². The predicted octanol–water partition coefficient (Wildman–Crippen LogP) is 6.95. The highest BCUT2D eigenvalue weighted by molar-refractivity contribution is 5.80. The van der Waals surface area contributed by atoms with Gasteiger partial charge in [0.1, 0.15) is 0 Å². The van der Waals surface area contributed by atoms with Crippen molar-refractivity contribution in [1.82, 2.24) is 0 Å². The largest absolute Gasteiger partial charge is 0.0651 e. The number of rotatable bonds is 4. The maximum atomic E-state index is 2.53. The summed E-state index contributed by atoms with van der Waals surface area (Å²) in [5.74, 6) is 0. The van der Waals surface area contributed by atoms with Crippen LogP contribution in [0.4, 0.5) is 0 Å². The summed E-state index contributed by atoms with van der Waals surface area (Å²) in [4.78, 5) is 0. The SMILES string of the molecule is CCCC1=C(CCC)C2(CCCCCC2)c2cc(C)ccc21. The first-order valence-corrected chi connectivity index (χ1v) is 9.57. The first-order chi connectivity index (χ1) is 10.7. The van der Waals surface area contributed by atoms with Crippen LogP contribution in [0.15, 0.2) is 23.8 Å². The molecule has 0 unspecified atom stereocenters. The predicted molar refractivity (Wildman–Crippen MR) is 97.3 cm³/mol. The molecular weight excluding hydrogens is 264 g/mol. The van der Waals surface area contributed by atoms with Crippen LogP contribution in [-0.2, 0) is 5.41 Å². The molecule has 0 radical (unpaired) electrons. The van der Waals surface area contributed by atoms with Crippen molar-refractivity contribution in [2.24, 2.45) is 0 Å². The molecule has 2 aliphatic rings. The molecule has 1 saturated carbocycles. The van der Waals surface area contributed by atoms with Crippen LogP contribution in [0.3, 0.4) is 0 Å². The van der Waals surface area contributed by atoms with Crippen LogP contribution in [0.2, 0.25) is 0 Å². The van der Waals surface area contributed by atoms with Gasteiger partial charge in [-0.25, -0.2) is 0 Å². The fraction of sp³-hybridized carbons (Fsp3) is 0.636. The zero-order valence-corrected chi connectivity index (χ0v) is 14.8. The van der Waals surface area contributed by atoms with Crippen LogP contribution in [0, 0.1) is 6.92 Å². The third-order valence-electron chi connectivity index (χ3n) is 5.91. The Kier molecular flexibility index (Phi) is 4.76. The minimum absolute atomic E-state index is 0.401. The van der Waals surface area contributed by atoms with Crippen molar-refractivity contribution in [1.29, 1.82) is 0 Å². The highest BCUT2D eigenvalue weighted by Gasteiger charge is 2.43. The van der Waals surface area contributed by atoms with Gasteiger partial charge in [0.05, 0.1) is 0 Å². The maximum Gasteiger partial charge on any atom is 0.0174 e. The van der Waals surface area contributed by atoms with Crippen LogP contribution in [0.1, 0.15) is 94.7 Å². The van der Waals surface area contributed by atoms with E-state index in [1.807, 2.05) is 5.57 Å². The first-order valence-electron chi connectivity index (χ1n) is 9.57. The summed E-state index contributed by atoms with van der Waals surface area (Å²) < 4.78 is 0. The Labute approximate surface area is 137 Å². The summed E-state index contributed by atoms with van der Waals surface area (Å²) in [5.41, 5.74) is 8.70. The smallest absolute Gasteiger partial charge is 0.0174 e. The fourth-order valence-electron chi connectivity index (χ4n) is 5.01. The van der Waals surface area contributed by atoms with Gasteiger partial charge < -0.3 is 0 Å². The van der Waals surface area contributed by atoms with Crippen molar-refractivity contribution in [2.75, 3.05) is 0 Å². The lowest BCUT2D eigenvalue weighted by Crippen LogP contribution is -2.26. The summed E-state index contributed by atoms with van der Waals surface area (Å²) in [5, 5.41) is 0. The topological polar surface area (TPSA) is 0 Å². The Hall–Kier alpha value is -1.04. The third kappa shape index (κ3) is 2.55. The van der Waals surface area contributed by atoms with Crippen molar-refractivity contribution >= 4 is 5.57 Å². The van der Waals surface area contributed by atoms with E-state index in [1.165, 1.54) is 69.8 Å². The van der Waals surface area contributed by atoms with Crippen molar-refractivity contribution in [3.05, 3.63) is 40.5 Å². The van der Waals surface area contributed by atoms with Gasteiger partial charge in [-0.2, -0.15) is 0 Å². The van der Waals surface area contributed by atoms with E-state index in [1.54, 1.807) is 16.7 Å². The zero-order valence-electron chi connectivity index (χ0n) is 14.8. The van der Waals surface area contributed by atoms with E-state index in [2.05, 4.69) is 39.0 Å². The van der Waals surface area contributed by atoms with Crippen LogP contribution >= 0.6 is 0 Å². The second-order valence-electron chi connectivity index (χ2n) is 7.50. The zero-order chi connectivity index (χ0) is 15.6. The Morgan fingerprint density at radius 2 is 1.59 bits per heavy atom. The van der Waals surface area contributed by atoms with Crippen LogP contribution in [0.25, 0.3) is 5.57 Å². The molecule has 0 nitrogen and oxygen atoms in total. The number of allylic oxidation sites excluding steroid dienone is 2. The molecule has 1 spiro atoms. The number of hydrogen-bond acceptors (Lipinski definition) is 0. The molecule has 0 N–H and O–H groups in total. The molecule has 0 heteroatoms. The number of benzene rings is 1. The number of fused-ring (bicyclic) bond motifs is 2. The van der Waals surface area contributed by atoms with Crippen molar-refractivity contribution in [2.45, 2.75) is 90.4 Å². The van der Waals surface area contributed by atoms with Gasteiger partial charge in [0.25, 0.3) is 0 Å². The molecule has 3 rings (SSSR count). The monoisotopic (exact) mass is 296 g/mol. The second-order valence-corrected chi connectivity index (χ2v) is 7.50. The molecule has 0 bridgehead atoms. The van der Waals surface area contributed by atoms with Crippen LogP contribution < -0.4 is 0 Å². The van der Waals surface area contributed by atoms with Gasteiger partial charge in [-0.15, -0.1) is 0 Å². The van der Waals surface area contributed by atoms with E-state index in [4.69, 9.17) is 0 Å². The summed E-state index contributed by atoms with van der Waals surface area (Å²) >= 11 is 0. The molecular formula is C22H32. The average molecular weight is 296 g/mol. The quantitative estimate of drug-likeness (QED) is 0.563. The number of hydrogen-bond donors (Lipinski definition) is 0. The van der Waals surface area contributed by atoms with E-state index in [-0.39, 0.29) is 0 Å². The third-order valence-corrected chi connectivity index (χ3v) is 5.91. The van der Waals surface area contributed by atoms with Crippen molar-refractivity contribution in [3.8, 4) is 0 Å². The lowest BCUT2D eigenvalue weighted by molar-refractivity contribution is 0.430. The Bertz CT molecular complexity index is 553. The highest BCUT2D eigenvalue weighted by Crippen LogP contribution is 2.55. The van der Waals surface area contributed by atoms with Gasteiger partial charge in [-0.05, 0) is 49.3 Å². The molecule has 0 saturated heterocycles. The van der Waals surface area contributed by atoms with Gasteiger partial charge in [-0.3, -0.25) is 0 Å². The summed E-state index contributed by atoms with van der Waals surface area (Å²) in [7, 11) is 0. The van der Waals surface area contributed by atoms with E-state index < -0.39 is 0 Å². The van der Waals surface area contributed by atoms with Crippen molar-refractivity contribution in [3.63, 3.8) is 0 Å². The molecule has 0 atom stereocenters. The molecule has 0 aliphatic heterocycles. The average Bonchev–Trinajstić information content (AvgIpc) is 2.69. The molecule has 0 amide bonds. The van der Waals surface area contributed by atoms with E-state index in [0.29, 0.717) is 5.41 Å². The van der Waals surface area contributed by atoms with Gasteiger partial charge in [-0.1, -0.05) is 81.7 Å². The minimum atomic E-state index is 0.401. The molecule has 1 fully saturated rings. The lowest BCUT2D eigenvalue weighted by Gasteiger charge is -2.34. The summed E-state index contributed by atoms with van der Waals surface area (Å²) in [6.45, 7) is 6.96. The molecule has 0 heterocycles. The molecule has 22 heavy (non-hydrogen) atoms. The molecule has 1 aromatic rings. The molecule has 120 valence electrons. The summed E-state index contributed by atoms with van der Waals surface area (Å²) in [6, 6.07) is 7.29. The normalized spacial score (nSPS) is 20.3. The van der Waals surface area contributed by atoms with Crippen molar-refractivity contribution < 1.29 is 0 Å². The maximum absolute atomic E-state index is 2.53. The first kappa shape index (κ1) is 15.8. The van der Waals surface area contributed by atoms with Gasteiger partial charge in [0.15, 0.2) is 0 Å². The number of aryl methyl sites for hydroxylation is 1. The van der Waals surface area contributed by atoms with E-state index in [9.17, 15) is 0 Å². The highest BCUT2D eigenvalue weighted by atomic mass is 14.5. The van der Waals surface area contributed by atoms with Gasteiger partial charge >= 0.3 is 0 Å². The standard InChI is InChI=1S/C22H32/c1-4-10-18-19-13-12-17(3)16-21(19)22(20(18)11-5-2)14-8-6-7-9-15-22/h12-13,16H,4-11,14-15H2,1-3H3. The molecule has 1 aromatic carbocycles.